The lowest BCUT2D eigenvalue weighted by Crippen LogP contribution is -2.41. The van der Waals surface area contributed by atoms with Crippen LogP contribution in [0.15, 0.2) is 24.3 Å². The van der Waals surface area contributed by atoms with Gasteiger partial charge < -0.3 is 14.8 Å². The van der Waals surface area contributed by atoms with Crippen LogP contribution in [0, 0.1) is 0 Å². The molecule has 1 aromatic rings. The van der Waals surface area contributed by atoms with E-state index in [1.54, 1.807) is 13.8 Å². The molecule has 0 saturated carbocycles. The van der Waals surface area contributed by atoms with Crippen molar-refractivity contribution < 1.29 is 28.0 Å². The molecule has 0 aliphatic heterocycles. The fraction of sp³-hybridized carbons (Fsp3) is 0.538. The molecule has 0 aromatic heterocycles. The van der Waals surface area contributed by atoms with Crippen molar-refractivity contribution >= 4 is 12.6 Å². The van der Waals surface area contributed by atoms with Crippen LogP contribution in [0.2, 0.25) is 0 Å². The van der Waals surface area contributed by atoms with E-state index in [0.717, 1.165) is 0 Å². The molecule has 1 rings (SSSR count). The molecule has 0 unspecified atom stereocenters. The molecule has 21 heavy (non-hydrogen) atoms. The average molecular weight is 305 g/mol. The molecule has 0 aliphatic carbocycles. The number of hydrogen-bond donors (Lipinski definition) is 2. The number of benzene rings is 1. The largest absolute Gasteiger partial charge is 0.492 e. The lowest BCUT2D eigenvalue weighted by atomic mass is 9.80. The molecule has 4 nitrogen and oxygen atoms in total. The quantitative estimate of drug-likeness (QED) is 0.739. The van der Waals surface area contributed by atoms with E-state index in [9.17, 15) is 13.2 Å². The topological polar surface area (TPSA) is 52.9 Å². The van der Waals surface area contributed by atoms with Gasteiger partial charge in [-0.2, -0.15) is 13.2 Å². The van der Waals surface area contributed by atoms with E-state index in [-0.39, 0.29) is 19.2 Å². The molecule has 0 saturated heterocycles. The summed E-state index contributed by atoms with van der Waals surface area (Å²) < 4.78 is 42.6. The maximum atomic E-state index is 12.4. The number of hydrogen-bond acceptors (Lipinski definition) is 4. The third-order valence-corrected chi connectivity index (χ3v) is 2.94. The van der Waals surface area contributed by atoms with Gasteiger partial charge in [0.2, 0.25) is 0 Å². The minimum Gasteiger partial charge on any atom is -0.492 e. The number of halogens is 3. The number of alkyl halides is 3. The van der Waals surface area contributed by atoms with Crippen molar-refractivity contribution in [2.75, 3.05) is 19.7 Å². The van der Waals surface area contributed by atoms with Crippen molar-refractivity contribution in [1.29, 1.82) is 0 Å². The summed E-state index contributed by atoms with van der Waals surface area (Å²) in [5.74, 6) is 0.468. The first kappa shape index (κ1) is 17.8. The highest BCUT2D eigenvalue weighted by Gasteiger charge is 2.31. The van der Waals surface area contributed by atoms with E-state index in [1.807, 2.05) is 0 Å². The van der Waals surface area contributed by atoms with Crippen LogP contribution >= 0.6 is 0 Å². The van der Waals surface area contributed by atoms with Gasteiger partial charge in [0.15, 0.2) is 0 Å². The first-order valence-electron chi connectivity index (χ1n) is 6.59. The zero-order valence-corrected chi connectivity index (χ0v) is 12.0. The Hall–Kier alpha value is -1.25. The van der Waals surface area contributed by atoms with Crippen molar-refractivity contribution in [3.63, 3.8) is 0 Å². The van der Waals surface area contributed by atoms with E-state index in [4.69, 9.17) is 14.8 Å². The molecule has 0 fully saturated rings. The van der Waals surface area contributed by atoms with E-state index in [0.29, 0.717) is 11.2 Å². The van der Waals surface area contributed by atoms with Crippen LogP contribution in [0.4, 0.5) is 13.2 Å². The Balaban J connectivity index is 2.46. The Morgan fingerprint density at radius 3 is 2.19 bits per heavy atom. The smallest absolute Gasteiger partial charge is 0.488 e. The van der Waals surface area contributed by atoms with Gasteiger partial charge in [-0.05, 0) is 31.4 Å². The summed E-state index contributed by atoms with van der Waals surface area (Å²) in [6.45, 7) is 2.70. The summed E-state index contributed by atoms with van der Waals surface area (Å²) in [7, 11) is -1.55. The molecule has 0 bridgehead atoms. The molecule has 0 atom stereocenters. The molecule has 0 aliphatic rings. The number of nitrogens with zero attached hydrogens (tertiary/aromatic N) is 1. The molecule has 8 heteroatoms. The summed E-state index contributed by atoms with van der Waals surface area (Å²) in [6.07, 6.45) is -4.23. The van der Waals surface area contributed by atoms with Crippen molar-refractivity contribution in [3.8, 4) is 5.75 Å². The Morgan fingerprint density at radius 1 is 1.19 bits per heavy atom. The van der Waals surface area contributed by atoms with Crippen LogP contribution in [0.3, 0.4) is 0 Å². The Morgan fingerprint density at radius 2 is 1.76 bits per heavy atom. The first-order chi connectivity index (χ1) is 9.69. The maximum Gasteiger partial charge on any atom is 0.488 e. The summed E-state index contributed by atoms with van der Waals surface area (Å²) >= 11 is 0. The van der Waals surface area contributed by atoms with Gasteiger partial charge in [-0.25, -0.2) is 0 Å². The fourth-order valence-electron chi connectivity index (χ4n) is 1.77. The highest BCUT2D eigenvalue weighted by molar-refractivity contribution is 6.58. The third kappa shape index (κ3) is 6.83. The van der Waals surface area contributed by atoms with Crippen LogP contribution in [-0.4, -0.2) is 54.0 Å². The van der Waals surface area contributed by atoms with E-state index in [1.165, 1.54) is 29.2 Å². The summed E-state index contributed by atoms with van der Waals surface area (Å²) in [5.41, 5.74) is 0.322. The van der Waals surface area contributed by atoms with Gasteiger partial charge >= 0.3 is 13.3 Å². The Kier molecular flexibility index (Phi) is 6.51. The standard InChI is InChI=1S/C13H19BF3NO3/c1-10(2)18(9-13(15,16)17)7-8-21-12-5-3-11(4-6-12)14(19)20/h3-6,10,19-20H,7-9H2,1-2H3. The third-order valence-electron chi connectivity index (χ3n) is 2.94. The van der Waals surface area contributed by atoms with Crippen LogP contribution in [0.1, 0.15) is 13.8 Å². The second-order valence-electron chi connectivity index (χ2n) is 4.97. The van der Waals surface area contributed by atoms with Gasteiger partial charge in [0, 0.05) is 12.6 Å². The minimum absolute atomic E-state index is 0.120. The Bertz CT molecular complexity index is 424. The second-order valence-corrected chi connectivity index (χ2v) is 4.97. The Labute approximate surface area is 122 Å². The minimum atomic E-state index is -4.23. The van der Waals surface area contributed by atoms with Gasteiger partial charge in [-0.3, -0.25) is 4.90 Å². The predicted octanol–water partition coefficient (Wildman–Crippen LogP) is 1.02. The van der Waals surface area contributed by atoms with Crippen molar-refractivity contribution in [2.24, 2.45) is 0 Å². The predicted molar refractivity (Wildman–Crippen MR) is 74.5 cm³/mol. The molecule has 0 heterocycles. The summed E-state index contributed by atoms with van der Waals surface area (Å²) in [4.78, 5) is 1.28. The fourth-order valence-corrected chi connectivity index (χ4v) is 1.77. The number of ether oxygens (including phenoxy) is 1. The van der Waals surface area contributed by atoms with Gasteiger partial charge in [0.05, 0.1) is 6.54 Å². The van der Waals surface area contributed by atoms with Crippen LogP contribution in [0.25, 0.3) is 0 Å². The molecule has 0 radical (unpaired) electrons. The highest BCUT2D eigenvalue weighted by Crippen LogP contribution is 2.18. The average Bonchev–Trinajstić information content (AvgIpc) is 2.36. The molecule has 118 valence electrons. The van der Waals surface area contributed by atoms with E-state index < -0.39 is 19.8 Å². The van der Waals surface area contributed by atoms with Crippen molar-refractivity contribution in [3.05, 3.63) is 24.3 Å². The highest BCUT2D eigenvalue weighted by atomic mass is 19.4. The van der Waals surface area contributed by atoms with Gasteiger partial charge in [0.25, 0.3) is 0 Å². The van der Waals surface area contributed by atoms with Crippen LogP contribution in [-0.2, 0) is 0 Å². The van der Waals surface area contributed by atoms with Gasteiger partial charge in [-0.15, -0.1) is 0 Å². The number of rotatable bonds is 7. The SMILES string of the molecule is CC(C)N(CCOc1ccc(B(O)O)cc1)CC(F)(F)F. The van der Waals surface area contributed by atoms with Gasteiger partial charge in [0.1, 0.15) is 12.4 Å². The maximum absolute atomic E-state index is 12.4. The molecular formula is C13H19BF3NO3. The second kappa shape index (κ2) is 7.67. The molecule has 1 aromatic carbocycles. The van der Waals surface area contributed by atoms with Crippen molar-refractivity contribution in [2.45, 2.75) is 26.1 Å². The summed E-state index contributed by atoms with van der Waals surface area (Å²) in [5, 5.41) is 17.9. The molecule has 0 amide bonds. The summed E-state index contributed by atoms with van der Waals surface area (Å²) in [6, 6.07) is 5.81. The lowest BCUT2D eigenvalue weighted by molar-refractivity contribution is -0.150. The van der Waals surface area contributed by atoms with Crippen molar-refractivity contribution in [1.82, 2.24) is 4.90 Å². The molecule has 2 N–H and O–H groups in total. The van der Waals surface area contributed by atoms with Gasteiger partial charge in [-0.1, -0.05) is 12.1 Å². The van der Waals surface area contributed by atoms with Crippen LogP contribution < -0.4 is 10.2 Å². The molecule has 0 spiro atoms. The molecular weight excluding hydrogens is 286 g/mol. The normalized spacial score (nSPS) is 12.0. The zero-order valence-electron chi connectivity index (χ0n) is 12.0. The van der Waals surface area contributed by atoms with E-state index >= 15 is 0 Å². The lowest BCUT2D eigenvalue weighted by Gasteiger charge is -2.27. The first-order valence-corrected chi connectivity index (χ1v) is 6.59. The van der Waals surface area contributed by atoms with E-state index in [2.05, 4.69) is 0 Å². The monoisotopic (exact) mass is 305 g/mol. The zero-order chi connectivity index (χ0) is 16.0. The van der Waals surface area contributed by atoms with Crippen LogP contribution in [0.5, 0.6) is 5.75 Å².